The van der Waals surface area contributed by atoms with Crippen LogP contribution in [0.4, 0.5) is 10.6 Å². The molecule has 6 heteroatoms. The first-order valence-electron chi connectivity index (χ1n) is 7.44. The summed E-state index contributed by atoms with van der Waals surface area (Å²) in [4.78, 5) is 11.9. The van der Waals surface area contributed by atoms with Crippen molar-refractivity contribution in [3.63, 3.8) is 0 Å². The van der Waals surface area contributed by atoms with Gasteiger partial charge in [-0.15, -0.1) is 0 Å². The number of nitrogens with one attached hydrogen (secondary N) is 2. The smallest absolute Gasteiger partial charge is 0.413 e. The third kappa shape index (κ3) is 6.16. The van der Waals surface area contributed by atoms with Crippen LogP contribution in [0.3, 0.4) is 0 Å². The summed E-state index contributed by atoms with van der Waals surface area (Å²) in [6.45, 7) is 11.5. The van der Waals surface area contributed by atoms with E-state index in [2.05, 4.69) is 29.6 Å². The van der Waals surface area contributed by atoms with Crippen LogP contribution in [0.15, 0.2) is 6.20 Å². The van der Waals surface area contributed by atoms with Gasteiger partial charge >= 0.3 is 6.09 Å². The molecule has 1 rings (SSSR count). The molecule has 1 amide bonds. The van der Waals surface area contributed by atoms with Crippen LogP contribution in [0.2, 0.25) is 0 Å². The van der Waals surface area contributed by atoms with E-state index in [0.29, 0.717) is 18.3 Å². The van der Waals surface area contributed by atoms with E-state index < -0.39 is 11.7 Å². The van der Waals surface area contributed by atoms with E-state index in [-0.39, 0.29) is 0 Å². The standard InChI is InChI=1S/C15H28N4O2/c1-7-11(2)8-16-9-12-10-17-19(6)13(12)18-14(20)21-15(3,4)5/h10-11,16H,7-9H2,1-6H3,(H,18,20). The first-order valence-corrected chi connectivity index (χ1v) is 7.44. The first-order chi connectivity index (χ1) is 9.73. The molecule has 1 aromatic rings. The van der Waals surface area contributed by atoms with Crippen molar-refractivity contribution in [2.24, 2.45) is 13.0 Å². The summed E-state index contributed by atoms with van der Waals surface area (Å²) in [6.07, 6.45) is 2.44. The zero-order valence-electron chi connectivity index (χ0n) is 14.0. The average Bonchev–Trinajstić information content (AvgIpc) is 2.69. The van der Waals surface area contributed by atoms with Crippen LogP contribution >= 0.6 is 0 Å². The highest BCUT2D eigenvalue weighted by Crippen LogP contribution is 2.16. The third-order valence-electron chi connectivity index (χ3n) is 3.14. The van der Waals surface area contributed by atoms with Crippen molar-refractivity contribution in [3.05, 3.63) is 11.8 Å². The van der Waals surface area contributed by atoms with Gasteiger partial charge in [-0.3, -0.25) is 10.00 Å². The fourth-order valence-electron chi connectivity index (χ4n) is 1.77. The zero-order chi connectivity index (χ0) is 16.0. The van der Waals surface area contributed by atoms with Crippen LogP contribution in [0.5, 0.6) is 0 Å². The predicted molar refractivity (Wildman–Crippen MR) is 84.2 cm³/mol. The van der Waals surface area contributed by atoms with Crippen LogP contribution in [0.25, 0.3) is 0 Å². The molecule has 1 unspecified atom stereocenters. The van der Waals surface area contributed by atoms with Crippen molar-refractivity contribution in [1.29, 1.82) is 0 Å². The fraction of sp³-hybridized carbons (Fsp3) is 0.733. The Morgan fingerprint density at radius 2 is 2.14 bits per heavy atom. The number of hydrogen-bond acceptors (Lipinski definition) is 4. The maximum absolute atomic E-state index is 11.9. The van der Waals surface area contributed by atoms with Crippen molar-refractivity contribution in [2.75, 3.05) is 11.9 Å². The van der Waals surface area contributed by atoms with Gasteiger partial charge in [-0.2, -0.15) is 5.10 Å². The third-order valence-corrected chi connectivity index (χ3v) is 3.14. The van der Waals surface area contributed by atoms with E-state index >= 15 is 0 Å². The summed E-state index contributed by atoms with van der Waals surface area (Å²) in [5, 5.41) is 10.3. The number of nitrogens with zero attached hydrogens (tertiary/aromatic N) is 2. The number of anilines is 1. The van der Waals surface area contributed by atoms with Crippen molar-refractivity contribution in [1.82, 2.24) is 15.1 Å². The Kier molecular flexibility index (Phi) is 6.20. The highest BCUT2D eigenvalue weighted by Gasteiger charge is 2.18. The van der Waals surface area contributed by atoms with E-state index in [9.17, 15) is 4.79 Å². The van der Waals surface area contributed by atoms with Crippen LogP contribution < -0.4 is 10.6 Å². The number of carbonyl (C=O) groups is 1. The molecule has 0 aliphatic rings. The molecule has 120 valence electrons. The van der Waals surface area contributed by atoms with Gasteiger partial charge in [0.15, 0.2) is 0 Å². The minimum atomic E-state index is -0.516. The minimum absolute atomic E-state index is 0.464. The Morgan fingerprint density at radius 1 is 1.48 bits per heavy atom. The van der Waals surface area contributed by atoms with Crippen LogP contribution in [-0.4, -0.2) is 28.0 Å². The zero-order valence-corrected chi connectivity index (χ0v) is 14.0. The Hall–Kier alpha value is -1.56. The van der Waals surface area contributed by atoms with Gasteiger partial charge in [0.1, 0.15) is 11.4 Å². The molecule has 21 heavy (non-hydrogen) atoms. The van der Waals surface area contributed by atoms with Gasteiger partial charge in [-0.05, 0) is 33.2 Å². The molecule has 0 spiro atoms. The molecular formula is C15H28N4O2. The first kappa shape index (κ1) is 17.5. The Morgan fingerprint density at radius 3 is 2.71 bits per heavy atom. The van der Waals surface area contributed by atoms with Gasteiger partial charge < -0.3 is 10.1 Å². The highest BCUT2D eigenvalue weighted by atomic mass is 16.6. The SMILES string of the molecule is CCC(C)CNCc1cnn(C)c1NC(=O)OC(C)(C)C. The fourth-order valence-corrected chi connectivity index (χ4v) is 1.77. The van der Waals surface area contributed by atoms with Crippen LogP contribution in [-0.2, 0) is 18.3 Å². The molecule has 0 fully saturated rings. The molecule has 0 saturated carbocycles. The van der Waals surface area contributed by atoms with Crippen molar-refractivity contribution < 1.29 is 9.53 Å². The summed E-state index contributed by atoms with van der Waals surface area (Å²) in [5.41, 5.74) is 0.434. The highest BCUT2D eigenvalue weighted by molar-refractivity contribution is 5.84. The van der Waals surface area contributed by atoms with Crippen molar-refractivity contribution in [2.45, 2.75) is 53.2 Å². The molecule has 0 aliphatic carbocycles. The molecule has 0 radical (unpaired) electrons. The summed E-state index contributed by atoms with van der Waals surface area (Å²) < 4.78 is 6.91. The molecule has 6 nitrogen and oxygen atoms in total. The monoisotopic (exact) mass is 296 g/mol. The van der Waals surface area contributed by atoms with Gasteiger partial charge in [0.05, 0.1) is 6.20 Å². The predicted octanol–water partition coefficient (Wildman–Crippen LogP) is 2.90. The van der Waals surface area contributed by atoms with Gasteiger partial charge in [-0.1, -0.05) is 20.3 Å². The van der Waals surface area contributed by atoms with E-state index in [1.54, 1.807) is 17.9 Å². The number of rotatable bonds is 6. The number of amides is 1. The number of aromatic nitrogens is 2. The largest absolute Gasteiger partial charge is 0.444 e. The Labute approximate surface area is 127 Å². The molecular weight excluding hydrogens is 268 g/mol. The lowest BCUT2D eigenvalue weighted by Crippen LogP contribution is -2.28. The summed E-state index contributed by atoms with van der Waals surface area (Å²) in [6, 6.07) is 0. The molecule has 1 atom stereocenters. The topological polar surface area (TPSA) is 68.2 Å². The summed E-state index contributed by atoms with van der Waals surface area (Å²) in [5.74, 6) is 1.30. The second kappa shape index (κ2) is 7.45. The molecule has 2 N–H and O–H groups in total. The summed E-state index contributed by atoms with van der Waals surface area (Å²) in [7, 11) is 1.80. The quantitative estimate of drug-likeness (QED) is 0.847. The molecule has 0 aliphatic heterocycles. The van der Waals surface area contributed by atoms with E-state index in [0.717, 1.165) is 18.5 Å². The van der Waals surface area contributed by atoms with Crippen LogP contribution in [0, 0.1) is 5.92 Å². The molecule has 1 heterocycles. The average molecular weight is 296 g/mol. The summed E-state index contributed by atoms with van der Waals surface area (Å²) >= 11 is 0. The maximum atomic E-state index is 11.9. The second-order valence-electron chi connectivity index (χ2n) is 6.41. The lowest BCUT2D eigenvalue weighted by atomic mass is 10.1. The number of ether oxygens (including phenoxy) is 1. The second-order valence-corrected chi connectivity index (χ2v) is 6.41. The number of aryl methyl sites for hydroxylation is 1. The van der Waals surface area contributed by atoms with Crippen LogP contribution in [0.1, 0.15) is 46.6 Å². The molecule has 1 aromatic heterocycles. The Bertz CT molecular complexity index is 463. The van der Waals surface area contributed by atoms with Crippen molar-refractivity contribution in [3.8, 4) is 0 Å². The van der Waals surface area contributed by atoms with E-state index in [1.165, 1.54) is 0 Å². The van der Waals surface area contributed by atoms with E-state index in [4.69, 9.17) is 4.74 Å². The molecule has 0 saturated heterocycles. The lowest BCUT2D eigenvalue weighted by Gasteiger charge is -2.20. The van der Waals surface area contributed by atoms with Gasteiger partial charge in [0, 0.05) is 19.2 Å². The molecule has 0 aromatic carbocycles. The van der Waals surface area contributed by atoms with Gasteiger partial charge in [0.2, 0.25) is 0 Å². The minimum Gasteiger partial charge on any atom is -0.444 e. The molecule has 0 bridgehead atoms. The number of hydrogen-bond donors (Lipinski definition) is 2. The number of carbonyl (C=O) groups excluding carboxylic acids is 1. The lowest BCUT2D eigenvalue weighted by molar-refractivity contribution is 0.0634. The maximum Gasteiger partial charge on any atom is 0.413 e. The van der Waals surface area contributed by atoms with Crippen molar-refractivity contribution >= 4 is 11.9 Å². The van der Waals surface area contributed by atoms with Gasteiger partial charge in [0.25, 0.3) is 0 Å². The van der Waals surface area contributed by atoms with Gasteiger partial charge in [-0.25, -0.2) is 4.79 Å². The van der Waals surface area contributed by atoms with E-state index in [1.807, 2.05) is 20.8 Å². The normalized spacial score (nSPS) is 13.0. The Balaban J connectivity index is 2.62.